The number of benzene rings is 3. The third-order valence-electron chi connectivity index (χ3n) is 4.02. The summed E-state index contributed by atoms with van der Waals surface area (Å²) in [4.78, 5) is 23.6. The van der Waals surface area contributed by atoms with Crippen molar-refractivity contribution in [3.8, 4) is 5.75 Å². The molecule has 0 radical (unpaired) electrons. The molecule has 138 valence electrons. The summed E-state index contributed by atoms with van der Waals surface area (Å²) < 4.78 is 5.31. The number of carbonyl (C=O) groups is 2. The molecule has 0 aliphatic carbocycles. The molecule has 0 unspecified atom stereocenters. The number of hydrogen-bond donors (Lipinski definition) is 3. The molecule has 6 heteroatoms. The van der Waals surface area contributed by atoms with Gasteiger partial charge in [0.2, 0.25) is 11.8 Å². The minimum Gasteiger partial charge on any atom is -0.495 e. The Labute approximate surface area is 157 Å². The van der Waals surface area contributed by atoms with Gasteiger partial charge in [0.1, 0.15) is 5.75 Å². The Balaban J connectivity index is 1.71. The van der Waals surface area contributed by atoms with Gasteiger partial charge in [-0.05, 0) is 29.7 Å². The summed E-state index contributed by atoms with van der Waals surface area (Å²) in [5.74, 6) is 0.236. The van der Waals surface area contributed by atoms with Crippen LogP contribution in [0.1, 0.15) is 6.92 Å². The molecule has 0 aromatic heterocycles. The predicted molar refractivity (Wildman–Crippen MR) is 108 cm³/mol. The first-order valence-corrected chi connectivity index (χ1v) is 8.54. The Hall–Kier alpha value is -3.54. The Morgan fingerprint density at radius 1 is 0.926 bits per heavy atom. The van der Waals surface area contributed by atoms with Crippen molar-refractivity contribution in [1.29, 1.82) is 0 Å². The van der Waals surface area contributed by atoms with Crippen molar-refractivity contribution in [1.82, 2.24) is 0 Å². The van der Waals surface area contributed by atoms with Crippen LogP contribution in [-0.2, 0) is 9.59 Å². The van der Waals surface area contributed by atoms with Gasteiger partial charge in [0.15, 0.2) is 0 Å². The molecule has 0 fully saturated rings. The second-order valence-corrected chi connectivity index (χ2v) is 6.02. The standard InChI is InChI=1S/C21H21N3O3/c1-14(25)23-16-10-11-20(27-2)19(12-16)22-13-21(26)24-18-9-5-7-15-6-3-4-8-17(15)18/h3-12,22H,13H2,1-2H3,(H,23,25)(H,24,26). The molecule has 0 aliphatic rings. The molecular weight excluding hydrogens is 342 g/mol. The van der Waals surface area contributed by atoms with E-state index in [2.05, 4.69) is 16.0 Å². The lowest BCUT2D eigenvalue weighted by molar-refractivity contribution is -0.115. The lowest BCUT2D eigenvalue weighted by Crippen LogP contribution is -2.22. The highest BCUT2D eigenvalue weighted by molar-refractivity contribution is 6.03. The Kier molecular flexibility index (Phi) is 5.56. The van der Waals surface area contributed by atoms with Gasteiger partial charge in [-0.2, -0.15) is 0 Å². The van der Waals surface area contributed by atoms with Crippen molar-refractivity contribution in [2.24, 2.45) is 0 Å². The number of ether oxygens (including phenoxy) is 1. The first-order valence-electron chi connectivity index (χ1n) is 8.54. The minimum absolute atomic E-state index is 0.0586. The molecule has 0 saturated heterocycles. The summed E-state index contributed by atoms with van der Waals surface area (Å²) >= 11 is 0. The summed E-state index contributed by atoms with van der Waals surface area (Å²) in [5, 5.41) is 10.7. The molecule has 0 spiro atoms. The summed E-state index contributed by atoms with van der Waals surface area (Å²) in [6.07, 6.45) is 0. The first-order chi connectivity index (χ1) is 13.1. The van der Waals surface area contributed by atoms with Crippen LogP contribution in [0, 0.1) is 0 Å². The van der Waals surface area contributed by atoms with Crippen LogP contribution >= 0.6 is 0 Å². The van der Waals surface area contributed by atoms with Crippen LogP contribution in [0.2, 0.25) is 0 Å². The molecule has 3 rings (SSSR count). The van der Waals surface area contributed by atoms with Crippen LogP contribution in [0.5, 0.6) is 5.75 Å². The highest BCUT2D eigenvalue weighted by atomic mass is 16.5. The van der Waals surface area contributed by atoms with E-state index in [9.17, 15) is 9.59 Å². The van der Waals surface area contributed by atoms with Crippen molar-refractivity contribution in [3.05, 3.63) is 60.7 Å². The number of amides is 2. The van der Waals surface area contributed by atoms with Gasteiger partial charge in [-0.25, -0.2) is 0 Å². The van der Waals surface area contributed by atoms with E-state index in [1.54, 1.807) is 25.3 Å². The van der Waals surface area contributed by atoms with Gasteiger partial charge < -0.3 is 20.7 Å². The van der Waals surface area contributed by atoms with E-state index in [4.69, 9.17) is 4.74 Å². The fourth-order valence-electron chi connectivity index (χ4n) is 2.83. The topological polar surface area (TPSA) is 79.5 Å². The number of fused-ring (bicyclic) bond motifs is 1. The largest absolute Gasteiger partial charge is 0.495 e. The van der Waals surface area contributed by atoms with Crippen LogP contribution in [0.25, 0.3) is 10.8 Å². The molecule has 2 amide bonds. The zero-order valence-corrected chi connectivity index (χ0v) is 15.2. The maximum absolute atomic E-state index is 12.4. The van der Waals surface area contributed by atoms with Crippen LogP contribution in [0.3, 0.4) is 0 Å². The smallest absolute Gasteiger partial charge is 0.243 e. The van der Waals surface area contributed by atoms with Gasteiger partial charge >= 0.3 is 0 Å². The summed E-state index contributed by atoms with van der Waals surface area (Å²) in [7, 11) is 1.55. The number of methoxy groups -OCH3 is 1. The molecule has 27 heavy (non-hydrogen) atoms. The number of nitrogens with one attached hydrogen (secondary N) is 3. The molecule has 0 saturated carbocycles. The highest BCUT2D eigenvalue weighted by Gasteiger charge is 2.09. The molecule has 0 aliphatic heterocycles. The first kappa shape index (κ1) is 18.3. The number of rotatable bonds is 6. The van der Waals surface area contributed by atoms with E-state index in [1.807, 2.05) is 42.5 Å². The van der Waals surface area contributed by atoms with Gasteiger partial charge in [-0.1, -0.05) is 36.4 Å². The molecule has 3 aromatic carbocycles. The average molecular weight is 363 g/mol. The molecular formula is C21H21N3O3. The van der Waals surface area contributed by atoms with E-state index in [0.717, 1.165) is 16.5 Å². The Bertz CT molecular complexity index is 980. The van der Waals surface area contributed by atoms with Crippen molar-refractivity contribution in [2.45, 2.75) is 6.92 Å². The van der Waals surface area contributed by atoms with Crippen LogP contribution in [0.15, 0.2) is 60.7 Å². The zero-order chi connectivity index (χ0) is 19.2. The number of hydrogen-bond acceptors (Lipinski definition) is 4. The number of anilines is 3. The van der Waals surface area contributed by atoms with Gasteiger partial charge in [-0.3, -0.25) is 9.59 Å². The predicted octanol–water partition coefficient (Wildman–Crippen LogP) is 3.86. The summed E-state index contributed by atoms with van der Waals surface area (Å²) in [5.41, 5.74) is 2.01. The van der Waals surface area contributed by atoms with E-state index >= 15 is 0 Å². The molecule has 0 atom stereocenters. The van der Waals surface area contributed by atoms with Crippen molar-refractivity contribution < 1.29 is 14.3 Å². The second kappa shape index (κ2) is 8.23. The number of carbonyl (C=O) groups excluding carboxylic acids is 2. The summed E-state index contributed by atoms with van der Waals surface area (Å²) in [6.45, 7) is 1.50. The Morgan fingerprint density at radius 3 is 2.48 bits per heavy atom. The van der Waals surface area contributed by atoms with Gasteiger partial charge in [-0.15, -0.1) is 0 Å². The van der Waals surface area contributed by atoms with Gasteiger partial charge in [0.05, 0.1) is 19.3 Å². The van der Waals surface area contributed by atoms with E-state index in [-0.39, 0.29) is 18.4 Å². The summed E-state index contributed by atoms with van der Waals surface area (Å²) in [6, 6.07) is 18.9. The molecule has 3 aromatic rings. The zero-order valence-electron chi connectivity index (χ0n) is 15.2. The van der Waals surface area contributed by atoms with Gasteiger partial charge in [0, 0.05) is 23.7 Å². The van der Waals surface area contributed by atoms with Crippen LogP contribution in [-0.4, -0.2) is 25.5 Å². The quantitative estimate of drug-likeness (QED) is 0.621. The fraction of sp³-hybridized carbons (Fsp3) is 0.143. The lowest BCUT2D eigenvalue weighted by Gasteiger charge is -2.14. The molecule has 0 heterocycles. The van der Waals surface area contributed by atoms with E-state index < -0.39 is 0 Å². The van der Waals surface area contributed by atoms with Gasteiger partial charge in [0.25, 0.3) is 0 Å². The van der Waals surface area contributed by atoms with Crippen LogP contribution in [0.4, 0.5) is 17.1 Å². The molecule has 0 bridgehead atoms. The van der Waals surface area contributed by atoms with Crippen molar-refractivity contribution >= 4 is 39.6 Å². The van der Waals surface area contributed by atoms with Crippen LogP contribution < -0.4 is 20.7 Å². The third-order valence-corrected chi connectivity index (χ3v) is 4.02. The van der Waals surface area contributed by atoms with Crippen molar-refractivity contribution in [2.75, 3.05) is 29.6 Å². The highest BCUT2D eigenvalue weighted by Crippen LogP contribution is 2.28. The second-order valence-electron chi connectivity index (χ2n) is 6.02. The average Bonchev–Trinajstić information content (AvgIpc) is 2.66. The minimum atomic E-state index is -0.182. The fourth-order valence-corrected chi connectivity index (χ4v) is 2.83. The van der Waals surface area contributed by atoms with E-state index in [1.165, 1.54) is 6.92 Å². The van der Waals surface area contributed by atoms with E-state index in [0.29, 0.717) is 17.1 Å². The molecule has 3 N–H and O–H groups in total. The Morgan fingerprint density at radius 2 is 1.70 bits per heavy atom. The van der Waals surface area contributed by atoms with Crippen molar-refractivity contribution in [3.63, 3.8) is 0 Å². The normalized spacial score (nSPS) is 10.3. The molecule has 6 nitrogen and oxygen atoms in total. The lowest BCUT2D eigenvalue weighted by atomic mass is 10.1. The third kappa shape index (κ3) is 4.55. The monoisotopic (exact) mass is 363 g/mol. The maximum Gasteiger partial charge on any atom is 0.243 e. The maximum atomic E-state index is 12.4. The SMILES string of the molecule is COc1ccc(NC(C)=O)cc1NCC(=O)Nc1cccc2ccccc12.